The van der Waals surface area contributed by atoms with Crippen molar-refractivity contribution in [2.45, 2.75) is 25.8 Å². The van der Waals surface area contributed by atoms with Gasteiger partial charge in [0.25, 0.3) is 0 Å². The van der Waals surface area contributed by atoms with E-state index in [1.807, 2.05) is 30.7 Å². The van der Waals surface area contributed by atoms with Gasteiger partial charge >= 0.3 is 218 Å². The third kappa shape index (κ3) is 5.82. The van der Waals surface area contributed by atoms with Crippen LogP contribution in [0.15, 0.2) is 48.6 Å². The van der Waals surface area contributed by atoms with Gasteiger partial charge in [0.1, 0.15) is 0 Å². The first-order valence-electron chi connectivity index (χ1n) is 11.7. The largest absolute Gasteiger partial charge is 0.870 e. The van der Waals surface area contributed by atoms with Gasteiger partial charge in [-0.05, 0) is 0 Å². The average Bonchev–Trinajstić information content (AvgIpc) is 3.46. The van der Waals surface area contributed by atoms with Gasteiger partial charge in [-0.3, -0.25) is 0 Å². The number of aryl methyl sites for hydroxylation is 2. The standard InChI is InChI=1S/C27H29FN5O2.Ni.H2O/c1-18-30-26-23(32(18)2)15-14-22(27(26)33-16-8-9-19(33)17-29)31-25(34)13-6-4-5-10-20-21(28)11-7-12-24(20)35-3;;/h4-7,11-12,14-15,19H,8-9,16-17,29H2,1-3H3,(H,31,34);;1H2/q-1;;/p-1/b6-4-;;/t19-;;/m0../s1. The SMILES string of the molecule is COc1cccc(F)c1[C-]=C/C=C\[C](=[Ni])C(=O)Nc1ccc2c(nc(C)n2C)c1N1CCC[C@H]1CN.[OH-]. The van der Waals surface area contributed by atoms with Crippen LogP contribution in [0.3, 0.4) is 0 Å². The molecular weight excluding hydrogens is 520 g/mol. The van der Waals surface area contributed by atoms with Gasteiger partial charge in [0.05, 0.1) is 0 Å². The van der Waals surface area contributed by atoms with Crippen molar-refractivity contribution in [3.8, 4) is 5.75 Å². The van der Waals surface area contributed by atoms with Crippen LogP contribution >= 0.6 is 0 Å². The van der Waals surface area contributed by atoms with Crippen molar-refractivity contribution < 1.29 is 34.4 Å². The van der Waals surface area contributed by atoms with Gasteiger partial charge in [0, 0.05) is 0 Å². The summed E-state index contributed by atoms with van der Waals surface area (Å²) in [6.45, 7) is 3.32. The summed E-state index contributed by atoms with van der Waals surface area (Å²) in [7, 11) is 3.44. The summed E-state index contributed by atoms with van der Waals surface area (Å²) in [5, 5.41) is 2.97. The summed E-state index contributed by atoms with van der Waals surface area (Å²) in [5.74, 6) is 0.397. The van der Waals surface area contributed by atoms with Crippen LogP contribution in [0, 0.1) is 18.8 Å². The Hall–Kier alpha value is -3.33. The number of allylic oxidation sites excluding steroid dienone is 2. The van der Waals surface area contributed by atoms with Crippen molar-refractivity contribution >= 4 is 32.8 Å². The number of hydrogen-bond acceptors (Lipinski definition) is 6. The van der Waals surface area contributed by atoms with E-state index in [0.29, 0.717) is 18.0 Å². The molecule has 4 rings (SSSR count). The molecule has 0 radical (unpaired) electrons. The van der Waals surface area contributed by atoms with Gasteiger partial charge in [0.15, 0.2) is 0 Å². The Bertz CT molecular complexity index is 1370. The van der Waals surface area contributed by atoms with E-state index in [4.69, 9.17) is 30.5 Å². The molecule has 3 aromatic rings. The van der Waals surface area contributed by atoms with Gasteiger partial charge in [-0.1, -0.05) is 0 Å². The van der Waals surface area contributed by atoms with Gasteiger partial charge in [0.2, 0.25) is 0 Å². The molecule has 1 atom stereocenters. The van der Waals surface area contributed by atoms with Crippen molar-refractivity contribution in [3.63, 3.8) is 0 Å². The quantitative estimate of drug-likeness (QED) is 0.253. The van der Waals surface area contributed by atoms with Crippen LogP contribution in [-0.4, -0.2) is 51.7 Å². The number of rotatable bonds is 8. The van der Waals surface area contributed by atoms with Gasteiger partial charge in [-0.2, -0.15) is 0 Å². The maximum Gasteiger partial charge on any atom is -0.870 e. The molecule has 1 fully saturated rings. The number of nitrogens with zero attached hydrogens (tertiary/aromatic N) is 3. The molecule has 0 aliphatic carbocycles. The van der Waals surface area contributed by atoms with Crippen molar-refractivity contribution in [1.82, 2.24) is 9.55 Å². The molecule has 0 spiro atoms. The first kappa shape index (κ1) is 28.2. The Morgan fingerprint density at radius 2 is 2.16 bits per heavy atom. The molecule has 0 bridgehead atoms. The van der Waals surface area contributed by atoms with E-state index >= 15 is 0 Å². The fourth-order valence-electron chi connectivity index (χ4n) is 4.45. The first-order chi connectivity index (χ1) is 17.3. The Morgan fingerprint density at radius 1 is 1.38 bits per heavy atom. The second-order valence-electron chi connectivity index (χ2n) is 8.53. The minimum Gasteiger partial charge on any atom is -0.870 e. The van der Waals surface area contributed by atoms with Crippen LogP contribution < -0.4 is 20.7 Å². The van der Waals surface area contributed by atoms with E-state index in [1.165, 1.54) is 25.3 Å². The summed E-state index contributed by atoms with van der Waals surface area (Å²) < 4.78 is 21.4. The minimum absolute atomic E-state index is 0. The Kier molecular flexibility index (Phi) is 9.37. The maximum atomic E-state index is 14.1. The van der Waals surface area contributed by atoms with Crippen molar-refractivity contribution in [2.75, 3.05) is 30.4 Å². The molecule has 1 aliphatic heterocycles. The molecule has 10 heteroatoms. The molecule has 37 heavy (non-hydrogen) atoms. The molecule has 8 nitrogen and oxygen atoms in total. The molecule has 1 aliphatic rings. The zero-order valence-corrected chi connectivity index (χ0v) is 21.9. The Balaban J connectivity index is 0.00000380. The molecule has 200 valence electrons. The molecule has 1 aromatic heterocycles. The van der Waals surface area contributed by atoms with Crippen LogP contribution in [0.25, 0.3) is 11.0 Å². The summed E-state index contributed by atoms with van der Waals surface area (Å²) in [6, 6.07) is 8.55. The molecule has 1 saturated heterocycles. The molecule has 0 unspecified atom stereocenters. The number of imidazole rings is 1. The number of benzene rings is 2. The van der Waals surface area contributed by atoms with Crippen LogP contribution in [0.5, 0.6) is 5.75 Å². The number of methoxy groups -OCH3 is 1. The normalized spacial score (nSPS) is 15.5. The molecule has 1 amide bonds. The van der Waals surface area contributed by atoms with Crippen molar-refractivity contribution in [3.05, 3.63) is 71.8 Å². The van der Waals surface area contributed by atoms with Crippen LogP contribution in [0.4, 0.5) is 15.8 Å². The van der Waals surface area contributed by atoms with E-state index < -0.39 is 11.7 Å². The Morgan fingerprint density at radius 3 is 2.89 bits per heavy atom. The molecular formula is C27H30FN5NiO3-2. The maximum absolute atomic E-state index is 14.1. The Labute approximate surface area is 223 Å². The van der Waals surface area contributed by atoms with Crippen molar-refractivity contribution in [2.24, 2.45) is 12.8 Å². The molecule has 4 N–H and O–H groups in total. The predicted molar refractivity (Wildman–Crippen MR) is 139 cm³/mol. The molecule has 2 heterocycles. The molecule has 2 aromatic carbocycles. The number of ether oxygens (including phenoxy) is 1. The second-order valence-corrected chi connectivity index (χ2v) is 9.06. The number of aromatic nitrogens is 2. The van der Waals surface area contributed by atoms with Gasteiger partial charge in [-0.25, -0.2) is 0 Å². The fraction of sp³-hybridized carbons (Fsp3) is 0.296. The van der Waals surface area contributed by atoms with E-state index in [0.717, 1.165) is 41.9 Å². The third-order valence-corrected chi connectivity index (χ3v) is 6.78. The topological polar surface area (TPSA) is 115 Å². The smallest absolute Gasteiger partial charge is 0.870 e. The minimum atomic E-state index is -0.451. The van der Waals surface area contributed by atoms with Gasteiger partial charge in [-0.15, -0.1) is 0 Å². The fourth-order valence-corrected chi connectivity index (χ4v) is 4.61. The summed E-state index contributed by atoms with van der Waals surface area (Å²) in [5.41, 5.74) is 9.58. The average molecular weight is 550 g/mol. The number of carbonyl (C=O) groups is 1. The number of nitrogens with two attached hydrogens (primary N) is 1. The number of anilines is 2. The summed E-state index contributed by atoms with van der Waals surface area (Å²) in [4.78, 5) is 20.0. The number of hydrogen-bond donors (Lipinski definition) is 2. The number of amides is 1. The van der Waals surface area contributed by atoms with Gasteiger partial charge < -0.3 is 5.48 Å². The van der Waals surface area contributed by atoms with E-state index in [9.17, 15) is 9.18 Å². The number of nitrogens with one attached hydrogen (secondary N) is 1. The van der Waals surface area contributed by atoms with Crippen LogP contribution in [0.2, 0.25) is 0 Å². The predicted octanol–water partition coefficient (Wildman–Crippen LogP) is 3.40. The number of carbonyl (C=O) groups excluding carboxylic acids is 1. The van der Waals surface area contributed by atoms with E-state index in [-0.39, 0.29) is 21.6 Å². The van der Waals surface area contributed by atoms with Crippen LogP contribution in [0.1, 0.15) is 24.2 Å². The van der Waals surface area contributed by atoms with Crippen LogP contribution in [-0.2, 0) is 26.9 Å². The van der Waals surface area contributed by atoms with Crippen molar-refractivity contribution in [1.29, 1.82) is 0 Å². The zero-order valence-electron chi connectivity index (χ0n) is 20.9. The number of halogens is 1. The summed E-state index contributed by atoms with van der Waals surface area (Å²) in [6.07, 6.45) is 9.40. The zero-order chi connectivity index (χ0) is 25.8. The van der Waals surface area contributed by atoms with E-state index in [2.05, 4.69) is 16.3 Å². The third-order valence-electron chi connectivity index (χ3n) is 6.39. The second kappa shape index (κ2) is 12.3. The first-order valence-corrected chi connectivity index (χ1v) is 12.2. The number of fused-ring (bicyclic) bond motifs is 1. The summed E-state index contributed by atoms with van der Waals surface area (Å²) >= 11 is 4.97. The molecule has 0 saturated carbocycles. The monoisotopic (exact) mass is 549 g/mol. The van der Waals surface area contributed by atoms with E-state index in [1.54, 1.807) is 18.2 Å².